The maximum Gasteiger partial charge on any atom is 0.321 e. The fourth-order valence-electron chi connectivity index (χ4n) is 4.99. The number of aromatic nitrogens is 1. The lowest BCUT2D eigenvalue weighted by atomic mass is 9.99. The number of hydrogen-bond donors (Lipinski definition) is 3. The van der Waals surface area contributed by atoms with Crippen LogP contribution in [0.2, 0.25) is 0 Å². The highest BCUT2D eigenvalue weighted by molar-refractivity contribution is 7.13. The summed E-state index contributed by atoms with van der Waals surface area (Å²) in [6.07, 6.45) is 1.11. The van der Waals surface area contributed by atoms with E-state index in [4.69, 9.17) is 4.74 Å². The average Bonchev–Trinajstić information content (AvgIpc) is 3.59. The van der Waals surface area contributed by atoms with Gasteiger partial charge in [0.15, 0.2) is 5.75 Å². The number of nitrogens with zero attached hydrogens (tertiary/aromatic N) is 3. The van der Waals surface area contributed by atoms with Crippen LogP contribution in [0, 0.1) is 11.7 Å². The zero-order valence-electron chi connectivity index (χ0n) is 25.1. The molecule has 0 saturated carbocycles. The van der Waals surface area contributed by atoms with Gasteiger partial charge in [0.25, 0.3) is 11.8 Å². The lowest BCUT2D eigenvalue weighted by Crippen LogP contribution is -2.50. The number of fused-ring (bicyclic) bond motifs is 1. The molecule has 0 unspecified atom stereocenters. The van der Waals surface area contributed by atoms with Crippen LogP contribution in [0.5, 0.6) is 5.75 Å². The van der Waals surface area contributed by atoms with Gasteiger partial charge in [-0.25, -0.2) is 14.2 Å². The van der Waals surface area contributed by atoms with Crippen LogP contribution in [-0.4, -0.2) is 76.6 Å². The van der Waals surface area contributed by atoms with E-state index in [1.807, 2.05) is 24.4 Å². The minimum Gasteiger partial charge on any atom is -0.485 e. The summed E-state index contributed by atoms with van der Waals surface area (Å²) in [5.41, 5.74) is 2.25. The van der Waals surface area contributed by atoms with Crippen molar-refractivity contribution in [3.8, 4) is 16.3 Å². The number of urea groups is 1. The predicted octanol–water partition coefficient (Wildman–Crippen LogP) is 5.59. The van der Waals surface area contributed by atoms with E-state index in [0.717, 1.165) is 10.6 Å². The number of carbonyl (C=O) groups is 3. The Bertz CT molecular complexity index is 1650. The third-order valence-corrected chi connectivity index (χ3v) is 8.48. The van der Waals surface area contributed by atoms with E-state index < -0.39 is 29.9 Å². The molecule has 3 N–H and O–H groups in total. The average molecular weight is 632 g/mol. The van der Waals surface area contributed by atoms with Crippen LogP contribution in [0.1, 0.15) is 34.6 Å². The fraction of sp³-hybridized carbons (Fsp3) is 0.273. The Balaban J connectivity index is 1.42. The number of aliphatic hydroxyl groups excluding tert-OH is 1. The summed E-state index contributed by atoms with van der Waals surface area (Å²) in [5, 5.41) is 18.3. The Morgan fingerprint density at radius 1 is 1.13 bits per heavy atom. The van der Waals surface area contributed by atoms with Crippen LogP contribution >= 0.6 is 11.3 Å². The van der Waals surface area contributed by atoms with Crippen LogP contribution in [0.3, 0.4) is 0 Å². The second-order valence-electron chi connectivity index (χ2n) is 11.0. The molecule has 0 spiro atoms. The molecule has 2 heterocycles. The second kappa shape index (κ2) is 13.9. The molecule has 12 heteroatoms. The van der Waals surface area contributed by atoms with Crippen molar-refractivity contribution in [2.75, 3.05) is 37.4 Å². The van der Waals surface area contributed by atoms with Crippen LogP contribution in [0.4, 0.5) is 20.6 Å². The SMILES string of the molecule is C[C@H]1CN([C@@H](C)CO)C(=O)c2cccc(NC(=O)c3ccc(-c4nccs4)cc3)c2O[C@@H]1CN(C)C(=O)Nc1ccc(F)cc1. The lowest BCUT2D eigenvalue weighted by Gasteiger charge is -2.38. The summed E-state index contributed by atoms with van der Waals surface area (Å²) in [4.78, 5) is 47.5. The molecule has 0 bridgehead atoms. The molecule has 10 nitrogen and oxygen atoms in total. The largest absolute Gasteiger partial charge is 0.485 e. The molecule has 234 valence electrons. The number of rotatable bonds is 8. The first-order chi connectivity index (χ1) is 21.6. The van der Waals surface area contributed by atoms with Crippen molar-refractivity contribution < 1.29 is 28.6 Å². The third-order valence-electron chi connectivity index (χ3n) is 7.66. The van der Waals surface area contributed by atoms with Gasteiger partial charge < -0.3 is 30.3 Å². The highest BCUT2D eigenvalue weighted by atomic mass is 32.1. The minimum atomic E-state index is -0.607. The molecule has 3 aromatic carbocycles. The summed E-state index contributed by atoms with van der Waals surface area (Å²) in [5.74, 6) is -1.26. The van der Waals surface area contributed by atoms with E-state index in [0.29, 0.717) is 16.9 Å². The maximum absolute atomic E-state index is 13.8. The molecule has 4 amide bonds. The Hall–Kier alpha value is -4.81. The van der Waals surface area contributed by atoms with Crippen LogP contribution in [-0.2, 0) is 0 Å². The summed E-state index contributed by atoms with van der Waals surface area (Å²) in [6, 6.07) is 16.5. The Morgan fingerprint density at radius 2 is 1.87 bits per heavy atom. The van der Waals surface area contributed by atoms with Gasteiger partial charge in [0.1, 0.15) is 16.9 Å². The van der Waals surface area contributed by atoms with Crippen LogP contribution < -0.4 is 15.4 Å². The monoisotopic (exact) mass is 631 g/mol. The van der Waals surface area contributed by atoms with Gasteiger partial charge in [-0.05, 0) is 55.5 Å². The third kappa shape index (κ3) is 7.30. The van der Waals surface area contributed by atoms with E-state index in [9.17, 15) is 23.9 Å². The Morgan fingerprint density at radius 3 is 2.53 bits per heavy atom. The number of carbonyl (C=O) groups excluding carboxylic acids is 3. The molecule has 45 heavy (non-hydrogen) atoms. The van der Waals surface area contributed by atoms with E-state index in [-0.39, 0.29) is 42.8 Å². The van der Waals surface area contributed by atoms with E-state index >= 15 is 0 Å². The molecular weight excluding hydrogens is 597 g/mol. The number of para-hydroxylation sites is 1. The fourth-order valence-corrected chi connectivity index (χ4v) is 5.63. The summed E-state index contributed by atoms with van der Waals surface area (Å²) < 4.78 is 19.8. The lowest BCUT2D eigenvalue weighted by molar-refractivity contribution is 0.0372. The van der Waals surface area contributed by atoms with Crippen molar-refractivity contribution in [1.29, 1.82) is 0 Å². The smallest absolute Gasteiger partial charge is 0.321 e. The molecule has 4 aromatic rings. The molecule has 5 rings (SSSR count). The van der Waals surface area contributed by atoms with Gasteiger partial charge in [0, 0.05) is 47.9 Å². The molecule has 0 saturated heterocycles. The van der Waals surface area contributed by atoms with Gasteiger partial charge in [-0.15, -0.1) is 11.3 Å². The number of ether oxygens (including phenoxy) is 1. The molecule has 0 aliphatic carbocycles. The molecular formula is C33H34FN5O5S. The van der Waals surface area contributed by atoms with Crippen molar-refractivity contribution in [2.45, 2.75) is 26.0 Å². The van der Waals surface area contributed by atoms with Crippen molar-refractivity contribution in [3.05, 3.63) is 95.3 Å². The molecule has 1 aliphatic heterocycles. The van der Waals surface area contributed by atoms with Crippen molar-refractivity contribution in [1.82, 2.24) is 14.8 Å². The maximum atomic E-state index is 13.8. The van der Waals surface area contributed by atoms with Crippen LogP contribution in [0.25, 0.3) is 10.6 Å². The molecule has 1 aromatic heterocycles. The first-order valence-corrected chi connectivity index (χ1v) is 15.3. The van der Waals surface area contributed by atoms with E-state index in [1.165, 1.54) is 40.5 Å². The van der Waals surface area contributed by atoms with Gasteiger partial charge in [-0.1, -0.05) is 25.1 Å². The molecule has 1 aliphatic rings. The summed E-state index contributed by atoms with van der Waals surface area (Å²) >= 11 is 1.50. The number of nitrogens with one attached hydrogen (secondary N) is 2. The van der Waals surface area contributed by atoms with Gasteiger partial charge in [0.2, 0.25) is 0 Å². The minimum absolute atomic E-state index is 0.129. The van der Waals surface area contributed by atoms with E-state index in [2.05, 4.69) is 15.6 Å². The normalized spacial score (nSPS) is 16.9. The number of halogens is 1. The van der Waals surface area contributed by atoms with Gasteiger partial charge in [0.05, 0.1) is 30.4 Å². The first-order valence-electron chi connectivity index (χ1n) is 14.4. The number of hydrogen-bond acceptors (Lipinski definition) is 7. The van der Waals surface area contributed by atoms with Crippen molar-refractivity contribution >= 4 is 40.6 Å². The van der Waals surface area contributed by atoms with Gasteiger partial charge in [-0.2, -0.15) is 0 Å². The van der Waals surface area contributed by atoms with E-state index in [1.54, 1.807) is 55.4 Å². The predicted molar refractivity (Wildman–Crippen MR) is 171 cm³/mol. The number of thiazole rings is 1. The number of anilines is 2. The first kappa shape index (κ1) is 31.6. The van der Waals surface area contributed by atoms with Crippen molar-refractivity contribution in [2.24, 2.45) is 5.92 Å². The zero-order chi connectivity index (χ0) is 32.1. The summed E-state index contributed by atoms with van der Waals surface area (Å²) in [7, 11) is 1.61. The summed E-state index contributed by atoms with van der Waals surface area (Å²) in [6.45, 7) is 3.80. The van der Waals surface area contributed by atoms with Gasteiger partial charge >= 0.3 is 6.03 Å². The molecule has 3 atom stereocenters. The number of benzene rings is 3. The number of aliphatic hydroxyl groups is 1. The topological polar surface area (TPSA) is 124 Å². The Kier molecular flexibility index (Phi) is 9.74. The van der Waals surface area contributed by atoms with Gasteiger partial charge in [-0.3, -0.25) is 9.59 Å². The number of likely N-dealkylation sites (N-methyl/N-ethyl adjacent to an activating group) is 1. The Labute approximate surface area is 264 Å². The molecule has 0 radical (unpaired) electrons. The second-order valence-corrected chi connectivity index (χ2v) is 11.9. The highest BCUT2D eigenvalue weighted by Gasteiger charge is 2.35. The standard InChI is InChI=1S/C33H34FN5O5S/c1-20-17-39(21(2)19-40)32(42)26-5-4-6-27(37-30(41)22-7-9-23(10-8-22)31-35-15-16-45-31)29(26)44-28(20)18-38(3)33(43)36-25-13-11-24(34)12-14-25/h4-16,20-21,28,40H,17-19H2,1-3H3,(H,36,43)(H,37,41)/t20-,21-,28+/m0/s1. The quantitative estimate of drug-likeness (QED) is 0.233. The number of amides is 4. The highest BCUT2D eigenvalue weighted by Crippen LogP contribution is 2.35. The molecule has 0 fully saturated rings. The zero-order valence-corrected chi connectivity index (χ0v) is 25.9. The van der Waals surface area contributed by atoms with Crippen molar-refractivity contribution in [3.63, 3.8) is 0 Å². The van der Waals surface area contributed by atoms with Crippen LogP contribution in [0.15, 0.2) is 78.3 Å².